The molecule has 0 aliphatic rings. The maximum absolute atomic E-state index is 14.0. The van der Waals surface area contributed by atoms with Gasteiger partial charge < -0.3 is 9.84 Å². The molecule has 0 aliphatic carbocycles. The molecule has 1 N–H and O–H groups in total. The summed E-state index contributed by atoms with van der Waals surface area (Å²) >= 11 is 0. The number of rotatable bonds is 9. The van der Waals surface area contributed by atoms with E-state index in [1.54, 1.807) is 26.5 Å². The highest BCUT2D eigenvalue weighted by Gasteiger charge is 2.32. The molecule has 0 amide bonds. The van der Waals surface area contributed by atoms with E-state index in [1.165, 1.54) is 28.7 Å². The van der Waals surface area contributed by atoms with Crippen LogP contribution in [0, 0.1) is 6.92 Å². The van der Waals surface area contributed by atoms with Crippen LogP contribution in [-0.2, 0) is 20.0 Å². The highest BCUT2D eigenvalue weighted by atomic mass is 32.3. The fourth-order valence-electron chi connectivity index (χ4n) is 3.08. The number of carboxylic acid groups (broad SMARTS) is 1. The smallest absolute Gasteiger partial charge is 0.341 e. The van der Waals surface area contributed by atoms with Crippen molar-refractivity contribution in [3.8, 4) is 17.0 Å². The number of alkyl halides is 2. The van der Waals surface area contributed by atoms with E-state index < -0.39 is 27.8 Å². The number of hydrogen-bond acceptors (Lipinski definition) is 5. The summed E-state index contributed by atoms with van der Waals surface area (Å²) in [4.78, 5) is 19.8. The van der Waals surface area contributed by atoms with Crippen molar-refractivity contribution in [3.05, 3.63) is 35.5 Å². The van der Waals surface area contributed by atoms with Crippen molar-refractivity contribution in [1.82, 2.24) is 9.97 Å². The van der Waals surface area contributed by atoms with Crippen LogP contribution >= 0.6 is 0 Å². The summed E-state index contributed by atoms with van der Waals surface area (Å²) in [5.74, 6) is -3.60. The van der Waals surface area contributed by atoms with E-state index >= 15 is 0 Å². The van der Waals surface area contributed by atoms with Crippen molar-refractivity contribution >= 4 is 21.2 Å². The minimum absolute atomic E-state index is 0.102. The molecule has 2 rings (SSSR count). The second-order valence-corrected chi connectivity index (χ2v) is 13.2. The molecule has 0 atom stereocenters. The van der Waals surface area contributed by atoms with Crippen molar-refractivity contribution < 1.29 is 27.6 Å². The Balaban J connectivity index is 2.67. The van der Waals surface area contributed by atoms with Gasteiger partial charge in [0, 0.05) is 49.6 Å². The van der Waals surface area contributed by atoms with Crippen LogP contribution in [0.1, 0.15) is 31.4 Å². The number of aromatic nitrogens is 2. The second kappa shape index (κ2) is 8.49. The SMILES string of the molecule is CCCS(C)(C)(=O)N(C)c1ncc(C)c(-c2cc(C(C)(F)F)ccc2OCC(=O)O)n1. The first-order valence-corrected chi connectivity index (χ1v) is 12.6. The van der Waals surface area contributed by atoms with Crippen LogP contribution < -0.4 is 9.04 Å². The van der Waals surface area contributed by atoms with Crippen LogP contribution in [0.3, 0.4) is 0 Å². The zero-order valence-electron chi connectivity index (χ0n) is 18.6. The molecule has 0 saturated heterocycles. The number of aliphatic carboxylic acids is 1. The Kier molecular flexibility index (Phi) is 6.75. The highest BCUT2D eigenvalue weighted by molar-refractivity contribution is 8.19. The Morgan fingerprint density at radius 2 is 1.97 bits per heavy atom. The molecular formula is C21H29F2N3O4S. The van der Waals surface area contributed by atoms with Crippen LogP contribution in [0.15, 0.2) is 24.4 Å². The maximum Gasteiger partial charge on any atom is 0.341 e. The number of nitrogens with zero attached hydrogens (tertiary/aromatic N) is 3. The summed E-state index contributed by atoms with van der Waals surface area (Å²) in [6.45, 7) is 3.77. The second-order valence-electron chi connectivity index (χ2n) is 8.19. The van der Waals surface area contributed by atoms with Crippen LogP contribution in [0.25, 0.3) is 11.3 Å². The Morgan fingerprint density at radius 3 is 2.52 bits per heavy atom. The van der Waals surface area contributed by atoms with Gasteiger partial charge in [-0.05, 0) is 46.4 Å². The minimum Gasteiger partial charge on any atom is -0.481 e. The highest BCUT2D eigenvalue weighted by Crippen LogP contribution is 2.38. The van der Waals surface area contributed by atoms with Gasteiger partial charge in [-0.2, -0.15) is 0 Å². The van der Waals surface area contributed by atoms with E-state index in [0.29, 0.717) is 23.4 Å². The van der Waals surface area contributed by atoms with Gasteiger partial charge in [-0.15, -0.1) is 0 Å². The quantitative estimate of drug-likeness (QED) is 0.615. The molecule has 1 aromatic heterocycles. The molecule has 0 fully saturated rings. The van der Waals surface area contributed by atoms with Gasteiger partial charge in [-0.25, -0.2) is 23.5 Å². The molecule has 2 aromatic rings. The Labute approximate surface area is 181 Å². The Hall–Kier alpha value is -2.62. The third-order valence-corrected chi connectivity index (χ3v) is 8.42. The molecular weight excluding hydrogens is 428 g/mol. The number of ether oxygens (including phenoxy) is 1. The fourth-order valence-corrected chi connectivity index (χ4v) is 5.12. The van der Waals surface area contributed by atoms with E-state index in [1.807, 2.05) is 6.92 Å². The number of benzene rings is 1. The molecule has 0 bridgehead atoms. The minimum atomic E-state index is -3.25. The first kappa shape index (κ1) is 24.6. The number of carboxylic acids is 1. The molecule has 0 spiro atoms. The predicted octanol–water partition coefficient (Wildman–Crippen LogP) is 3.87. The van der Waals surface area contributed by atoms with Crippen molar-refractivity contribution in [1.29, 1.82) is 0 Å². The van der Waals surface area contributed by atoms with Gasteiger partial charge in [0.2, 0.25) is 5.95 Å². The maximum atomic E-state index is 14.0. The Bertz CT molecular complexity index is 1050. The third-order valence-electron chi connectivity index (χ3n) is 4.97. The lowest BCUT2D eigenvalue weighted by atomic mass is 10.0. The van der Waals surface area contributed by atoms with Gasteiger partial charge in [0.15, 0.2) is 6.61 Å². The number of hydrogen-bond donors (Lipinski definition) is 1. The molecule has 0 saturated carbocycles. The lowest BCUT2D eigenvalue weighted by Crippen LogP contribution is -2.50. The van der Waals surface area contributed by atoms with Crippen LogP contribution in [0.2, 0.25) is 0 Å². The topological polar surface area (TPSA) is 92.6 Å². The largest absolute Gasteiger partial charge is 0.481 e. The first-order valence-electron chi connectivity index (χ1n) is 9.69. The van der Waals surface area contributed by atoms with Crippen LogP contribution in [-0.4, -0.2) is 57.2 Å². The average molecular weight is 458 g/mol. The van der Waals surface area contributed by atoms with Gasteiger partial charge in [0.1, 0.15) is 5.75 Å². The van der Waals surface area contributed by atoms with Crippen molar-refractivity contribution in [2.45, 2.75) is 33.1 Å². The molecule has 31 heavy (non-hydrogen) atoms. The molecule has 0 aliphatic heterocycles. The van der Waals surface area contributed by atoms with Gasteiger partial charge in [-0.1, -0.05) is 6.92 Å². The normalized spacial score (nSPS) is 13.4. The number of anilines is 1. The monoisotopic (exact) mass is 457 g/mol. The average Bonchev–Trinajstić information content (AvgIpc) is 2.65. The predicted molar refractivity (Wildman–Crippen MR) is 118 cm³/mol. The number of carbonyl (C=O) groups is 1. The molecule has 7 nitrogen and oxygen atoms in total. The molecule has 0 radical (unpaired) electrons. The van der Waals surface area contributed by atoms with E-state index in [9.17, 15) is 17.8 Å². The van der Waals surface area contributed by atoms with E-state index in [-0.39, 0.29) is 22.8 Å². The zero-order chi connectivity index (χ0) is 23.6. The third kappa shape index (κ3) is 5.75. The molecule has 10 heteroatoms. The van der Waals surface area contributed by atoms with Gasteiger partial charge in [-0.3, -0.25) is 8.51 Å². The van der Waals surface area contributed by atoms with E-state index in [4.69, 9.17) is 9.84 Å². The summed E-state index contributed by atoms with van der Waals surface area (Å²) in [6.07, 6.45) is 5.52. The summed E-state index contributed by atoms with van der Waals surface area (Å²) < 4.78 is 48.3. The fraction of sp³-hybridized carbons (Fsp3) is 0.476. The van der Waals surface area contributed by atoms with Gasteiger partial charge >= 0.3 is 5.97 Å². The number of halogens is 2. The molecule has 0 unspecified atom stereocenters. The summed E-state index contributed by atoms with van der Waals surface area (Å²) in [6, 6.07) is 3.72. The first-order chi connectivity index (χ1) is 14.1. The molecule has 172 valence electrons. The van der Waals surface area contributed by atoms with Gasteiger partial charge in [0.25, 0.3) is 5.92 Å². The van der Waals surface area contributed by atoms with Crippen molar-refractivity contribution in [3.63, 3.8) is 0 Å². The van der Waals surface area contributed by atoms with E-state index in [2.05, 4.69) is 9.97 Å². The lowest BCUT2D eigenvalue weighted by Gasteiger charge is -2.43. The summed E-state index contributed by atoms with van der Waals surface area (Å²) in [7, 11) is -1.61. The molecule has 1 aromatic carbocycles. The van der Waals surface area contributed by atoms with E-state index in [0.717, 1.165) is 6.92 Å². The summed E-state index contributed by atoms with van der Waals surface area (Å²) in [5, 5.41) is 8.95. The number of aryl methyl sites for hydroxylation is 1. The zero-order valence-corrected chi connectivity index (χ0v) is 19.4. The lowest BCUT2D eigenvalue weighted by molar-refractivity contribution is -0.139. The van der Waals surface area contributed by atoms with Crippen LogP contribution in [0.5, 0.6) is 5.75 Å². The van der Waals surface area contributed by atoms with Crippen molar-refractivity contribution in [2.75, 3.05) is 36.2 Å². The summed E-state index contributed by atoms with van der Waals surface area (Å²) in [5.41, 5.74) is 0.807. The Morgan fingerprint density at radius 1 is 1.32 bits per heavy atom. The standard InChI is InChI=1S/C21H29F2N3O4S/c1-7-10-31(5,6,29)26(4)20-24-12-14(2)19(25-20)16-11-15(21(3,22)23)8-9-17(16)30-13-18(27)28/h8-9,11-12H,7,10,13H2,1-6H3,(H,27,28). The molecule has 1 heterocycles. The van der Waals surface area contributed by atoms with Crippen molar-refractivity contribution in [2.24, 2.45) is 0 Å². The van der Waals surface area contributed by atoms with Crippen LogP contribution in [0.4, 0.5) is 14.7 Å². The van der Waals surface area contributed by atoms with Gasteiger partial charge in [0.05, 0.1) is 5.69 Å².